The highest BCUT2D eigenvalue weighted by atomic mass is 16.6. The Bertz CT molecular complexity index is 721. The van der Waals surface area contributed by atoms with E-state index >= 15 is 0 Å². The molecule has 0 amide bonds. The maximum atomic E-state index is 12.3. The van der Waals surface area contributed by atoms with Crippen LogP contribution in [0.4, 0.5) is 0 Å². The van der Waals surface area contributed by atoms with E-state index in [-0.39, 0.29) is 6.61 Å². The van der Waals surface area contributed by atoms with Gasteiger partial charge in [0.1, 0.15) is 5.56 Å². The van der Waals surface area contributed by atoms with Crippen molar-refractivity contribution in [3.05, 3.63) is 47.3 Å². The second-order valence-corrected chi connectivity index (χ2v) is 5.14. The molecule has 1 fully saturated rings. The van der Waals surface area contributed by atoms with Crippen LogP contribution in [-0.2, 0) is 14.3 Å². The Morgan fingerprint density at radius 2 is 2.05 bits per heavy atom. The molecule has 1 saturated heterocycles. The number of benzene rings is 1. The van der Waals surface area contributed by atoms with E-state index in [1.165, 1.54) is 0 Å². The van der Waals surface area contributed by atoms with Gasteiger partial charge in [-0.15, -0.1) is 0 Å². The minimum atomic E-state index is -0.814. The number of cyclic esters (lactones) is 1. The Hall–Kier alpha value is -2.63. The number of esters is 2. The van der Waals surface area contributed by atoms with Crippen LogP contribution in [0.2, 0.25) is 0 Å². The largest absolute Gasteiger partial charge is 0.463 e. The van der Waals surface area contributed by atoms with Crippen LogP contribution in [-0.4, -0.2) is 34.4 Å². The van der Waals surface area contributed by atoms with Crippen molar-refractivity contribution in [2.45, 2.75) is 26.4 Å². The molecule has 22 heavy (non-hydrogen) atoms. The molecular weight excluding hydrogens is 284 g/mol. The summed E-state index contributed by atoms with van der Waals surface area (Å²) in [6, 6.07) is 9.53. The van der Waals surface area contributed by atoms with Crippen LogP contribution in [0.15, 0.2) is 30.3 Å². The Morgan fingerprint density at radius 3 is 2.68 bits per heavy atom. The predicted octanol–water partition coefficient (Wildman–Crippen LogP) is 1.96. The zero-order valence-corrected chi connectivity index (χ0v) is 12.4. The summed E-state index contributed by atoms with van der Waals surface area (Å²) in [5.41, 5.74) is 2.50. The average molecular weight is 300 g/mol. The number of carbonyl (C=O) groups excluding carboxylic acids is 2. The number of para-hydroxylation sites is 1. The molecule has 0 saturated carbocycles. The molecule has 3 rings (SSSR count). The van der Waals surface area contributed by atoms with Gasteiger partial charge in [-0.25, -0.2) is 14.3 Å². The molecule has 1 unspecified atom stereocenters. The van der Waals surface area contributed by atoms with Crippen LogP contribution < -0.4 is 0 Å². The summed E-state index contributed by atoms with van der Waals surface area (Å²) in [5, 5.41) is 4.39. The molecule has 1 aromatic heterocycles. The fourth-order valence-electron chi connectivity index (χ4n) is 2.53. The lowest BCUT2D eigenvalue weighted by Crippen LogP contribution is -2.23. The molecule has 0 spiro atoms. The Labute approximate surface area is 127 Å². The van der Waals surface area contributed by atoms with Gasteiger partial charge >= 0.3 is 11.9 Å². The lowest BCUT2D eigenvalue weighted by molar-refractivity contribution is -0.145. The molecule has 0 N–H and O–H groups in total. The molecule has 0 aliphatic carbocycles. The van der Waals surface area contributed by atoms with Gasteiger partial charge in [0.05, 0.1) is 23.7 Å². The van der Waals surface area contributed by atoms with E-state index in [9.17, 15) is 9.59 Å². The first-order valence-electron chi connectivity index (χ1n) is 7.07. The van der Waals surface area contributed by atoms with Crippen molar-refractivity contribution in [1.82, 2.24) is 9.78 Å². The Kier molecular flexibility index (Phi) is 3.66. The number of ether oxygens (including phenoxy) is 2. The lowest BCUT2D eigenvalue weighted by Gasteiger charge is -2.09. The smallest absolute Gasteiger partial charge is 0.347 e. The Morgan fingerprint density at radius 1 is 1.32 bits per heavy atom. The summed E-state index contributed by atoms with van der Waals surface area (Å²) in [6.07, 6.45) is -0.415. The van der Waals surface area contributed by atoms with Gasteiger partial charge in [0.2, 0.25) is 6.10 Å². The molecule has 6 heteroatoms. The third kappa shape index (κ3) is 2.47. The first-order chi connectivity index (χ1) is 10.6. The standard InChI is InChI=1S/C16H16N2O4/c1-10-14(16(20)22-13-8-9-21-15(13)19)11(2)18(17-10)12-6-4-3-5-7-12/h3-7,13H,8-9H2,1-2H3. The van der Waals surface area contributed by atoms with E-state index in [0.717, 1.165) is 5.69 Å². The molecule has 1 atom stereocenters. The van der Waals surface area contributed by atoms with Crippen molar-refractivity contribution in [3.63, 3.8) is 0 Å². The van der Waals surface area contributed by atoms with Gasteiger partial charge in [-0.3, -0.25) is 0 Å². The fraction of sp³-hybridized carbons (Fsp3) is 0.312. The van der Waals surface area contributed by atoms with Crippen LogP contribution in [0.3, 0.4) is 0 Å². The first-order valence-corrected chi connectivity index (χ1v) is 7.07. The van der Waals surface area contributed by atoms with Crippen LogP contribution >= 0.6 is 0 Å². The summed E-state index contributed by atoms with van der Waals surface area (Å²) in [4.78, 5) is 23.8. The van der Waals surface area contributed by atoms with E-state index in [1.807, 2.05) is 30.3 Å². The van der Waals surface area contributed by atoms with Crippen LogP contribution in [0.5, 0.6) is 0 Å². The average Bonchev–Trinajstić information content (AvgIpc) is 3.03. The molecule has 2 aromatic rings. The number of carbonyl (C=O) groups is 2. The highest BCUT2D eigenvalue weighted by Crippen LogP contribution is 2.21. The van der Waals surface area contributed by atoms with Crippen molar-refractivity contribution in [3.8, 4) is 5.69 Å². The van der Waals surface area contributed by atoms with Gasteiger partial charge in [0, 0.05) is 6.42 Å². The topological polar surface area (TPSA) is 70.4 Å². The van der Waals surface area contributed by atoms with Crippen molar-refractivity contribution >= 4 is 11.9 Å². The molecule has 6 nitrogen and oxygen atoms in total. The fourth-order valence-corrected chi connectivity index (χ4v) is 2.53. The normalized spacial score (nSPS) is 17.4. The molecule has 1 aliphatic heterocycles. The number of aromatic nitrogens is 2. The molecule has 1 aliphatic rings. The van der Waals surface area contributed by atoms with Crippen molar-refractivity contribution in [2.75, 3.05) is 6.61 Å². The van der Waals surface area contributed by atoms with E-state index in [4.69, 9.17) is 9.47 Å². The summed E-state index contributed by atoms with van der Waals surface area (Å²) in [5.74, 6) is -1.03. The van der Waals surface area contributed by atoms with Crippen molar-refractivity contribution in [2.24, 2.45) is 0 Å². The number of nitrogens with zero attached hydrogens (tertiary/aromatic N) is 2. The van der Waals surface area contributed by atoms with E-state index in [0.29, 0.717) is 23.4 Å². The monoisotopic (exact) mass is 300 g/mol. The molecule has 0 bridgehead atoms. The second kappa shape index (κ2) is 5.63. The highest BCUT2D eigenvalue weighted by molar-refractivity contribution is 5.94. The quantitative estimate of drug-likeness (QED) is 0.810. The summed E-state index contributed by atoms with van der Waals surface area (Å²) in [6.45, 7) is 3.84. The van der Waals surface area contributed by atoms with Gasteiger partial charge in [0.25, 0.3) is 0 Å². The molecular formula is C16H16N2O4. The van der Waals surface area contributed by atoms with Crippen LogP contribution in [0, 0.1) is 13.8 Å². The number of rotatable bonds is 3. The Balaban J connectivity index is 1.89. The summed E-state index contributed by atoms with van der Waals surface area (Å²) < 4.78 is 11.7. The predicted molar refractivity (Wildman–Crippen MR) is 77.8 cm³/mol. The maximum Gasteiger partial charge on any atom is 0.347 e. The molecule has 0 radical (unpaired) electrons. The minimum absolute atomic E-state index is 0.290. The van der Waals surface area contributed by atoms with Crippen molar-refractivity contribution in [1.29, 1.82) is 0 Å². The first kappa shape index (κ1) is 14.3. The van der Waals surface area contributed by atoms with Gasteiger partial charge in [-0.05, 0) is 26.0 Å². The number of hydrogen-bond acceptors (Lipinski definition) is 5. The van der Waals surface area contributed by atoms with Gasteiger partial charge < -0.3 is 9.47 Å². The summed E-state index contributed by atoms with van der Waals surface area (Å²) in [7, 11) is 0. The molecule has 2 heterocycles. The third-order valence-electron chi connectivity index (χ3n) is 3.63. The highest BCUT2D eigenvalue weighted by Gasteiger charge is 2.32. The molecule has 114 valence electrons. The summed E-state index contributed by atoms with van der Waals surface area (Å²) >= 11 is 0. The van der Waals surface area contributed by atoms with E-state index in [2.05, 4.69) is 5.10 Å². The third-order valence-corrected chi connectivity index (χ3v) is 3.63. The second-order valence-electron chi connectivity index (χ2n) is 5.14. The number of hydrogen-bond donors (Lipinski definition) is 0. The van der Waals surface area contributed by atoms with Gasteiger partial charge in [-0.1, -0.05) is 18.2 Å². The maximum absolute atomic E-state index is 12.3. The van der Waals surface area contributed by atoms with Crippen LogP contribution in [0.25, 0.3) is 5.69 Å². The zero-order chi connectivity index (χ0) is 15.7. The lowest BCUT2D eigenvalue weighted by atomic mass is 10.2. The van der Waals surface area contributed by atoms with Crippen LogP contribution in [0.1, 0.15) is 28.2 Å². The van der Waals surface area contributed by atoms with Gasteiger partial charge in [-0.2, -0.15) is 5.10 Å². The SMILES string of the molecule is Cc1nn(-c2ccccc2)c(C)c1C(=O)OC1CCOC1=O. The number of aryl methyl sites for hydroxylation is 1. The molecule has 1 aromatic carbocycles. The van der Waals surface area contributed by atoms with E-state index < -0.39 is 18.0 Å². The minimum Gasteiger partial charge on any atom is -0.463 e. The van der Waals surface area contributed by atoms with Gasteiger partial charge in [0.15, 0.2) is 0 Å². The van der Waals surface area contributed by atoms with Crippen molar-refractivity contribution < 1.29 is 19.1 Å². The zero-order valence-electron chi connectivity index (χ0n) is 12.4. The van der Waals surface area contributed by atoms with E-state index in [1.54, 1.807) is 18.5 Å².